The zero-order valence-electron chi connectivity index (χ0n) is 8.25. The molecule has 0 bridgehead atoms. The molecule has 1 aromatic rings. The number of Topliss-reactive ketones (excluding diaryl/α,β-unsaturated/α-hetero) is 1. The zero-order chi connectivity index (χ0) is 11.7. The lowest BCUT2D eigenvalue weighted by Gasteiger charge is -2.17. The van der Waals surface area contributed by atoms with Gasteiger partial charge in [0.25, 0.3) is 5.78 Å². The maximum atomic E-state index is 11.7. The third-order valence-corrected chi connectivity index (χ3v) is 2.66. The number of hydrogen-bond donors (Lipinski definition) is 1. The van der Waals surface area contributed by atoms with E-state index in [1.54, 1.807) is 18.2 Å². The summed E-state index contributed by atoms with van der Waals surface area (Å²) in [6, 6.07) is 6.48. The number of aliphatic carboxylic acids is 1. The molecule has 5 nitrogen and oxygen atoms in total. The molecular formula is C11H8N2O3. The van der Waals surface area contributed by atoms with Crippen molar-refractivity contribution in [3.63, 3.8) is 0 Å². The quantitative estimate of drug-likeness (QED) is 0.563. The Morgan fingerprint density at radius 3 is 2.75 bits per heavy atom. The number of carbonyl (C=O) groups is 2. The van der Waals surface area contributed by atoms with Gasteiger partial charge in [-0.2, -0.15) is 4.79 Å². The van der Waals surface area contributed by atoms with Crippen molar-refractivity contribution >= 4 is 17.5 Å². The lowest BCUT2D eigenvalue weighted by Crippen LogP contribution is -2.30. The molecule has 0 saturated heterocycles. The molecule has 0 aromatic heterocycles. The molecule has 0 amide bonds. The van der Waals surface area contributed by atoms with Gasteiger partial charge in [0.1, 0.15) is 0 Å². The first-order valence-electron chi connectivity index (χ1n) is 4.72. The minimum atomic E-state index is -1.03. The first kappa shape index (κ1) is 10.3. The Hall–Kier alpha value is -2.26. The van der Waals surface area contributed by atoms with Gasteiger partial charge in [-0.15, -0.1) is 0 Å². The largest absolute Gasteiger partial charge is 0.481 e. The summed E-state index contributed by atoms with van der Waals surface area (Å²) in [5.74, 6) is -2.25. The van der Waals surface area contributed by atoms with Gasteiger partial charge < -0.3 is 10.6 Å². The van der Waals surface area contributed by atoms with Crippen LogP contribution in [0.1, 0.15) is 28.3 Å². The molecule has 1 aliphatic carbocycles. The number of fused-ring (bicyclic) bond motifs is 1. The van der Waals surface area contributed by atoms with Crippen LogP contribution in [0.5, 0.6) is 0 Å². The standard InChI is InChI=1S/C11H8N2O3/c12-13-9-5-8(11(15)16)6-3-1-2-4-7(6)10(9)14/h1-4,8H,5H2,(H,15,16). The Morgan fingerprint density at radius 1 is 1.44 bits per heavy atom. The molecule has 2 rings (SSSR count). The number of carbonyl (C=O) groups excluding carboxylic acids is 1. The van der Waals surface area contributed by atoms with Crippen LogP contribution in [-0.4, -0.2) is 27.4 Å². The summed E-state index contributed by atoms with van der Waals surface area (Å²) in [4.78, 5) is 25.6. The number of hydrogen-bond acceptors (Lipinski definition) is 2. The van der Waals surface area contributed by atoms with Crippen molar-refractivity contribution in [3.05, 3.63) is 40.9 Å². The van der Waals surface area contributed by atoms with E-state index in [2.05, 4.69) is 4.79 Å². The zero-order valence-corrected chi connectivity index (χ0v) is 8.25. The predicted molar refractivity (Wildman–Crippen MR) is 54.4 cm³/mol. The highest BCUT2D eigenvalue weighted by atomic mass is 16.4. The summed E-state index contributed by atoms with van der Waals surface area (Å²) in [7, 11) is 0. The van der Waals surface area contributed by atoms with Gasteiger partial charge in [-0.3, -0.25) is 9.59 Å². The Morgan fingerprint density at radius 2 is 2.12 bits per heavy atom. The highest BCUT2D eigenvalue weighted by molar-refractivity contribution is 6.45. The van der Waals surface area contributed by atoms with Crippen LogP contribution in [0.3, 0.4) is 0 Å². The molecule has 0 heterocycles. The molecule has 0 spiro atoms. The van der Waals surface area contributed by atoms with Gasteiger partial charge in [-0.25, -0.2) is 0 Å². The van der Waals surface area contributed by atoms with Gasteiger partial charge in [0.2, 0.25) is 0 Å². The summed E-state index contributed by atoms with van der Waals surface area (Å²) in [6.07, 6.45) is -0.0678. The topological polar surface area (TPSA) is 90.8 Å². The molecule has 0 aliphatic heterocycles. The molecule has 1 aromatic carbocycles. The third kappa shape index (κ3) is 1.43. The van der Waals surface area contributed by atoms with E-state index in [1.807, 2.05) is 0 Å². The van der Waals surface area contributed by atoms with Crippen molar-refractivity contribution in [2.45, 2.75) is 12.3 Å². The maximum absolute atomic E-state index is 11.7. The molecule has 0 saturated carbocycles. The van der Waals surface area contributed by atoms with Crippen molar-refractivity contribution in [1.29, 1.82) is 0 Å². The monoisotopic (exact) mass is 216 g/mol. The van der Waals surface area contributed by atoms with Crippen LogP contribution >= 0.6 is 0 Å². The third-order valence-electron chi connectivity index (χ3n) is 2.66. The van der Waals surface area contributed by atoms with Gasteiger partial charge >= 0.3 is 11.7 Å². The lowest BCUT2D eigenvalue weighted by atomic mass is 9.81. The van der Waals surface area contributed by atoms with E-state index in [-0.39, 0.29) is 12.1 Å². The maximum Gasteiger partial charge on any atom is 0.340 e. The Labute approximate surface area is 90.9 Å². The molecule has 0 fully saturated rings. The van der Waals surface area contributed by atoms with Crippen LogP contribution in [0.25, 0.3) is 5.53 Å². The summed E-state index contributed by atoms with van der Waals surface area (Å²) < 4.78 is 0. The van der Waals surface area contributed by atoms with Crippen molar-refractivity contribution in [2.24, 2.45) is 0 Å². The van der Waals surface area contributed by atoms with Crippen molar-refractivity contribution in [1.82, 2.24) is 0 Å². The van der Waals surface area contributed by atoms with Crippen LogP contribution in [-0.2, 0) is 4.79 Å². The molecule has 80 valence electrons. The normalized spacial score (nSPS) is 18.9. The summed E-state index contributed by atoms with van der Waals surface area (Å²) in [6.45, 7) is 0. The van der Waals surface area contributed by atoms with Crippen LogP contribution in [0.4, 0.5) is 0 Å². The Balaban J connectivity index is 2.64. The van der Waals surface area contributed by atoms with Gasteiger partial charge in [-0.05, 0) is 5.56 Å². The predicted octanol–water partition coefficient (Wildman–Crippen LogP) is 1.11. The molecule has 16 heavy (non-hydrogen) atoms. The average molecular weight is 216 g/mol. The highest BCUT2D eigenvalue weighted by Crippen LogP contribution is 2.29. The molecule has 0 radical (unpaired) electrons. The lowest BCUT2D eigenvalue weighted by molar-refractivity contribution is -0.138. The summed E-state index contributed by atoms with van der Waals surface area (Å²) in [5, 5.41) is 9.04. The molecule has 5 heteroatoms. The molecular weight excluding hydrogens is 208 g/mol. The van der Waals surface area contributed by atoms with Gasteiger partial charge in [-0.1, -0.05) is 24.3 Å². The fourth-order valence-electron chi connectivity index (χ4n) is 1.87. The number of carboxylic acids is 1. The number of ketones is 1. The van der Waals surface area contributed by atoms with Crippen LogP contribution in [0.15, 0.2) is 24.3 Å². The Kier molecular flexibility index (Phi) is 2.38. The summed E-state index contributed by atoms with van der Waals surface area (Å²) >= 11 is 0. The summed E-state index contributed by atoms with van der Waals surface area (Å²) in [5.41, 5.74) is 9.33. The molecule has 1 atom stereocenters. The second kappa shape index (κ2) is 3.72. The number of nitrogens with zero attached hydrogens (tertiary/aromatic N) is 2. The van der Waals surface area contributed by atoms with Crippen molar-refractivity contribution in [2.75, 3.05) is 0 Å². The van der Waals surface area contributed by atoms with Gasteiger partial charge in [0, 0.05) is 5.56 Å². The van der Waals surface area contributed by atoms with Crippen LogP contribution < -0.4 is 0 Å². The molecule has 1 aliphatic rings. The number of benzene rings is 1. The molecule has 1 unspecified atom stereocenters. The van der Waals surface area contributed by atoms with Crippen LogP contribution in [0, 0.1) is 0 Å². The highest BCUT2D eigenvalue weighted by Gasteiger charge is 2.39. The van der Waals surface area contributed by atoms with Crippen molar-refractivity contribution < 1.29 is 19.5 Å². The van der Waals surface area contributed by atoms with E-state index in [1.165, 1.54) is 6.07 Å². The van der Waals surface area contributed by atoms with E-state index in [9.17, 15) is 9.59 Å². The fourth-order valence-corrected chi connectivity index (χ4v) is 1.87. The first-order valence-corrected chi connectivity index (χ1v) is 4.72. The minimum absolute atomic E-state index is 0.0678. The van der Waals surface area contributed by atoms with E-state index >= 15 is 0 Å². The first-order chi connectivity index (χ1) is 7.65. The second-order valence-electron chi connectivity index (χ2n) is 3.56. The van der Waals surface area contributed by atoms with Gasteiger partial charge in [0.15, 0.2) is 0 Å². The van der Waals surface area contributed by atoms with Crippen LogP contribution in [0.2, 0.25) is 0 Å². The average Bonchev–Trinajstić information content (AvgIpc) is 2.29. The van der Waals surface area contributed by atoms with E-state index in [4.69, 9.17) is 10.6 Å². The van der Waals surface area contributed by atoms with Gasteiger partial charge in [0.05, 0.1) is 12.3 Å². The number of rotatable bonds is 1. The minimum Gasteiger partial charge on any atom is -0.481 e. The van der Waals surface area contributed by atoms with E-state index in [0.717, 1.165) is 0 Å². The smallest absolute Gasteiger partial charge is 0.340 e. The van der Waals surface area contributed by atoms with Crippen molar-refractivity contribution in [3.8, 4) is 0 Å². The Bertz CT molecular complexity index is 530. The molecule has 1 N–H and O–H groups in total. The second-order valence-corrected chi connectivity index (χ2v) is 3.56. The SMILES string of the molecule is [N-]=[N+]=C1CC(C(=O)O)c2ccccc2C1=O. The van der Waals surface area contributed by atoms with E-state index in [0.29, 0.717) is 11.1 Å². The fraction of sp³-hybridized carbons (Fsp3) is 0.182. The van der Waals surface area contributed by atoms with E-state index < -0.39 is 17.7 Å². The number of carboxylic acid groups (broad SMARTS) is 1.